The van der Waals surface area contributed by atoms with Crippen LogP contribution in [0.25, 0.3) is 0 Å². The van der Waals surface area contributed by atoms with Gasteiger partial charge in [-0.3, -0.25) is 9.89 Å². The predicted octanol–water partition coefficient (Wildman–Crippen LogP) is 0.958. The molecule has 0 aromatic carbocycles. The molecular weight excluding hydrogens is 280 g/mol. The topological polar surface area (TPSA) is 72.1 Å². The average molecular weight is 312 g/mol. The molecule has 2 aliphatic rings. The maximum Gasteiger partial charge on any atom is 0.188 e. The van der Waals surface area contributed by atoms with Crippen LogP contribution in [-0.2, 0) is 9.47 Å². The van der Waals surface area contributed by atoms with E-state index in [1.165, 1.54) is 0 Å². The molecule has 0 aromatic heterocycles. The molecule has 22 heavy (non-hydrogen) atoms. The summed E-state index contributed by atoms with van der Waals surface area (Å²) in [5.74, 6) is 0.512. The predicted molar refractivity (Wildman–Crippen MR) is 89.1 cm³/mol. The molecule has 0 saturated carbocycles. The Morgan fingerprint density at radius 2 is 2.00 bits per heavy atom. The van der Waals surface area contributed by atoms with Crippen molar-refractivity contribution in [3.63, 3.8) is 0 Å². The van der Waals surface area contributed by atoms with Crippen molar-refractivity contribution in [2.45, 2.75) is 64.4 Å². The highest BCUT2D eigenvalue weighted by Crippen LogP contribution is 2.21. The second-order valence-electron chi connectivity index (χ2n) is 7.19. The zero-order chi connectivity index (χ0) is 16.2. The summed E-state index contributed by atoms with van der Waals surface area (Å²) >= 11 is 0. The van der Waals surface area contributed by atoms with Gasteiger partial charge in [-0.05, 0) is 40.5 Å². The van der Waals surface area contributed by atoms with Crippen molar-refractivity contribution in [1.82, 2.24) is 10.2 Å². The van der Waals surface area contributed by atoms with Gasteiger partial charge in [-0.15, -0.1) is 0 Å². The number of hydrogen-bond donors (Lipinski definition) is 2. The third-order valence-corrected chi connectivity index (χ3v) is 4.45. The summed E-state index contributed by atoms with van der Waals surface area (Å²) in [6.45, 7) is 12.9. The third kappa shape index (κ3) is 5.11. The molecule has 2 rings (SSSR count). The molecule has 0 spiro atoms. The first kappa shape index (κ1) is 17.5. The molecule has 0 bridgehead atoms. The zero-order valence-electron chi connectivity index (χ0n) is 14.5. The summed E-state index contributed by atoms with van der Waals surface area (Å²) in [6.07, 6.45) is 3.06. The van der Waals surface area contributed by atoms with Gasteiger partial charge in [0, 0.05) is 31.8 Å². The molecule has 3 N–H and O–H groups in total. The third-order valence-electron chi connectivity index (χ3n) is 4.45. The molecule has 2 saturated heterocycles. The van der Waals surface area contributed by atoms with Gasteiger partial charge in [-0.2, -0.15) is 0 Å². The fraction of sp³-hybridized carbons (Fsp3) is 0.938. The molecule has 3 atom stereocenters. The van der Waals surface area contributed by atoms with Gasteiger partial charge in [0.05, 0.1) is 24.9 Å². The lowest BCUT2D eigenvalue weighted by Gasteiger charge is -2.44. The number of nitrogens with zero attached hydrogens (tertiary/aromatic N) is 2. The van der Waals surface area contributed by atoms with Crippen LogP contribution in [0.3, 0.4) is 0 Å². The van der Waals surface area contributed by atoms with Gasteiger partial charge in [0.1, 0.15) is 0 Å². The van der Waals surface area contributed by atoms with Gasteiger partial charge >= 0.3 is 0 Å². The second-order valence-corrected chi connectivity index (χ2v) is 7.19. The van der Waals surface area contributed by atoms with Gasteiger partial charge in [-0.25, -0.2) is 0 Å². The number of aliphatic imine (C=N–C) groups is 1. The summed E-state index contributed by atoms with van der Waals surface area (Å²) < 4.78 is 11.4. The average Bonchev–Trinajstić information content (AvgIpc) is 2.95. The minimum absolute atomic E-state index is 0.0253. The van der Waals surface area contributed by atoms with Crippen LogP contribution in [0.2, 0.25) is 0 Å². The Bertz CT molecular complexity index is 370. The van der Waals surface area contributed by atoms with E-state index in [-0.39, 0.29) is 23.9 Å². The lowest BCUT2D eigenvalue weighted by Crippen LogP contribution is -2.56. The number of nitrogens with two attached hydrogens (primary N) is 1. The van der Waals surface area contributed by atoms with E-state index in [9.17, 15) is 0 Å². The Balaban J connectivity index is 1.80. The van der Waals surface area contributed by atoms with Gasteiger partial charge in [-0.1, -0.05) is 0 Å². The van der Waals surface area contributed by atoms with E-state index >= 15 is 0 Å². The quantitative estimate of drug-likeness (QED) is 0.584. The standard InChI is InChI=1S/C16H32N4O2/c1-12-9-20(10-13(2)22-12)16(3,4)11-19-15(17)18-8-14-6-5-7-21-14/h12-14H,5-11H2,1-4H3,(H3,17,18,19). The van der Waals surface area contributed by atoms with Gasteiger partial charge in [0.25, 0.3) is 0 Å². The molecule has 0 amide bonds. The molecule has 2 fully saturated rings. The summed E-state index contributed by atoms with van der Waals surface area (Å²) in [7, 11) is 0. The van der Waals surface area contributed by atoms with Crippen LogP contribution in [0, 0.1) is 0 Å². The van der Waals surface area contributed by atoms with Gasteiger partial charge in [0.15, 0.2) is 5.96 Å². The first-order chi connectivity index (χ1) is 10.4. The zero-order valence-corrected chi connectivity index (χ0v) is 14.5. The van der Waals surface area contributed by atoms with E-state index in [1.54, 1.807) is 0 Å². The number of guanidine groups is 1. The van der Waals surface area contributed by atoms with Crippen LogP contribution < -0.4 is 11.1 Å². The first-order valence-corrected chi connectivity index (χ1v) is 8.43. The highest BCUT2D eigenvalue weighted by Gasteiger charge is 2.33. The second kappa shape index (κ2) is 7.62. The molecule has 6 nitrogen and oxygen atoms in total. The van der Waals surface area contributed by atoms with E-state index in [1.807, 2.05) is 0 Å². The van der Waals surface area contributed by atoms with Crippen molar-refractivity contribution in [3.8, 4) is 0 Å². The fourth-order valence-electron chi connectivity index (χ4n) is 3.13. The van der Waals surface area contributed by atoms with E-state index in [0.717, 1.165) is 39.1 Å². The number of rotatable bonds is 5. The number of hydrogen-bond acceptors (Lipinski definition) is 4. The van der Waals surface area contributed by atoms with Crippen molar-refractivity contribution in [2.75, 3.05) is 32.8 Å². The van der Waals surface area contributed by atoms with E-state index in [2.05, 4.69) is 42.9 Å². The van der Waals surface area contributed by atoms with Crippen LogP contribution in [-0.4, -0.2) is 67.5 Å². The Morgan fingerprint density at radius 1 is 1.32 bits per heavy atom. The Morgan fingerprint density at radius 3 is 2.59 bits per heavy atom. The SMILES string of the molecule is CC1CN(C(C)(C)CN=C(N)NCC2CCCO2)CC(C)O1. The number of nitrogens with one attached hydrogen (secondary N) is 1. The Hall–Kier alpha value is -0.850. The smallest absolute Gasteiger partial charge is 0.188 e. The summed E-state index contributed by atoms with van der Waals surface area (Å²) in [4.78, 5) is 6.97. The van der Waals surface area contributed by atoms with Crippen molar-refractivity contribution < 1.29 is 9.47 Å². The van der Waals surface area contributed by atoms with Crippen molar-refractivity contribution in [2.24, 2.45) is 10.7 Å². The van der Waals surface area contributed by atoms with Crippen LogP contribution in [0.4, 0.5) is 0 Å². The van der Waals surface area contributed by atoms with Crippen molar-refractivity contribution in [3.05, 3.63) is 0 Å². The van der Waals surface area contributed by atoms with Crippen LogP contribution in [0.5, 0.6) is 0 Å². The molecule has 0 aromatic rings. The number of ether oxygens (including phenoxy) is 2. The highest BCUT2D eigenvalue weighted by atomic mass is 16.5. The fourth-order valence-corrected chi connectivity index (χ4v) is 3.13. The minimum atomic E-state index is -0.0253. The summed E-state index contributed by atoms with van der Waals surface area (Å²) in [5, 5.41) is 3.18. The molecule has 0 radical (unpaired) electrons. The maximum absolute atomic E-state index is 5.98. The molecule has 6 heteroatoms. The lowest BCUT2D eigenvalue weighted by molar-refractivity contribution is -0.0939. The van der Waals surface area contributed by atoms with Gasteiger partial charge in [0.2, 0.25) is 0 Å². The molecule has 128 valence electrons. The van der Waals surface area contributed by atoms with E-state index < -0.39 is 0 Å². The van der Waals surface area contributed by atoms with E-state index in [0.29, 0.717) is 12.5 Å². The highest BCUT2D eigenvalue weighted by molar-refractivity contribution is 5.77. The maximum atomic E-state index is 5.98. The lowest BCUT2D eigenvalue weighted by atomic mass is 10.0. The Labute approximate surface area is 134 Å². The molecule has 3 unspecified atom stereocenters. The minimum Gasteiger partial charge on any atom is -0.376 e. The summed E-state index contributed by atoms with van der Waals surface area (Å²) in [5.41, 5.74) is 5.96. The molecule has 2 aliphatic heterocycles. The van der Waals surface area contributed by atoms with Gasteiger partial charge < -0.3 is 20.5 Å². The summed E-state index contributed by atoms with van der Waals surface area (Å²) in [6, 6.07) is 0. The van der Waals surface area contributed by atoms with Crippen LogP contribution >= 0.6 is 0 Å². The van der Waals surface area contributed by atoms with Crippen LogP contribution in [0.15, 0.2) is 4.99 Å². The molecule has 2 heterocycles. The van der Waals surface area contributed by atoms with E-state index in [4.69, 9.17) is 15.2 Å². The van der Waals surface area contributed by atoms with Crippen molar-refractivity contribution >= 4 is 5.96 Å². The number of morpholine rings is 1. The molecule has 0 aliphatic carbocycles. The molecular formula is C16H32N4O2. The Kier molecular flexibility index (Phi) is 6.06. The monoisotopic (exact) mass is 312 g/mol. The van der Waals surface area contributed by atoms with Crippen molar-refractivity contribution in [1.29, 1.82) is 0 Å². The first-order valence-electron chi connectivity index (χ1n) is 8.43. The largest absolute Gasteiger partial charge is 0.376 e. The normalized spacial score (nSPS) is 31.5. The van der Waals surface area contributed by atoms with Crippen LogP contribution in [0.1, 0.15) is 40.5 Å².